The lowest BCUT2D eigenvalue weighted by atomic mass is 10.0. The fraction of sp³-hybridized carbons (Fsp3) is 0.0508. The molecule has 4 nitrogen and oxygen atoms in total. The van der Waals surface area contributed by atoms with Crippen molar-refractivity contribution in [2.45, 2.75) is 19.9 Å². The Hall–Kier alpha value is -8.08. The van der Waals surface area contributed by atoms with Gasteiger partial charge in [0, 0.05) is 62.5 Å². The molecular weight excluding hydrogens is 765 g/mol. The first-order chi connectivity index (χ1) is 31.2. The summed E-state index contributed by atoms with van der Waals surface area (Å²) in [6.07, 6.45) is 15.8. The van der Waals surface area contributed by atoms with E-state index in [1.807, 2.05) is 24.4 Å². The molecular formula is C59H46N4. The summed E-state index contributed by atoms with van der Waals surface area (Å²) in [6.45, 7) is 7.09. The van der Waals surface area contributed by atoms with E-state index in [-0.39, 0.29) is 0 Å². The van der Waals surface area contributed by atoms with Crippen molar-refractivity contribution in [2.24, 2.45) is 0 Å². The molecule has 0 saturated heterocycles. The fourth-order valence-electron chi connectivity index (χ4n) is 8.87. The Labute approximate surface area is 368 Å². The Morgan fingerprint density at radius 3 is 2.08 bits per heavy atom. The lowest BCUT2D eigenvalue weighted by molar-refractivity contribution is 0.854. The van der Waals surface area contributed by atoms with Crippen molar-refractivity contribution in [1.29, 1.82) is 0 Å². The Balaban J connectivity index is 0.924. The van der Waals surface area contributed by atoms with Crippen LogP contribution in [0.3, 0.4) is 0 Å². The highest BCUT2D eigenvalue weighted by Gasteiger charge is 2.16. The predicted molar refractivity (Wildman–Crippen MR) is 267 cm³/mol. The molecule has 0 radical (unpaired) electrons. The maximum absolute atomic E-state index is 4.99. The van der Waals surface area contributed by atoms with E-state index in [1.165, 1.54) is 66.1 Å². The molecule has 4 heteroatoms. The van der Waals surface area contributed by atoms with E-state index in [4.69, 9.17) is 4.98 Å². The molecule has 0 aliphatic heterocycles. The van der Waals surface area contributed by atoms with Gasteiger partial charge in [-0.05, 0) is 89.7 Å². The molecule has 10 rings (SSSR count). The number of aromatic nitrogens is 4. The third-order valence-corrected chi connectivity index (χ3v) is 11.9. The smallest absolute Gasteiger partial charge is 0.159 e. The van der Waals surface area contributed by atoms with Crippen LogP contribution in [0.15, 0.2) is 219 Å². The van der Waals surface area contributed by atoms with Crippen molar-refractivity contribution in [3.05, 3.63) is 241 Å². The summed E-state index contributed by atoms with van der Waals surface area (Å²) in [5.41, 5.74) is 15.9. The first-order valence-corrected chi connectivity index (χ1v) is 21.6. The van der Waals surface area contributed by atoms with E-state index < -0.39 is 0 Å². The van der Waals surface area contributed by atoms with Crippen molar-refractivity contribution in [3.8, 4) is 39.5 Å². The third kappa shape index (κ3) is 7.75. The van der Waals surface area contributed by atoms with Crippen LogP contribution in [0.4, 0.5) is 0 Å². The van der Waals surface area contributed by atoms with Gasteiger partial charge >= 0.3 is 0 Å². The predicted octanol–water partition coefficient (Wildman–Crippen LogP) is 15.1. The van der Waals surface area contributed by atoms with E-state index >= 15 is 0 Å². The first kappa shape index (κ1) is 39.1. The topological polar surface area (TPSA) is 35.6 Å². The number of hydrogen-bond acceptors (Lipinski definition) is 2. The van der Waals surface area contributed by atoms with Gasteiger partial charge in [0.2, 0.25) is 0 Å². The van der Waals surface area contributed by atoms with Gasteiger partial charge in [-0.3, -0.25) is 0 Å². The average Bonchev–Trinajstić information content (AvgIpc) is 3.85. The number of allylic oxidation sites excluding steroid dienone is 5. The second-order valence-electron chi connectivity index (χ2n) is 15.7. The lowest BCUT2D eigenvalue weighted by Gasteiger charge is -2.11. The van der Waals surface area contributed by atoms with Gasteiger partial charge in [-0.15, -0.1) is 0 Å². The van der Waals surface area contributed by atoms with Gasteiger partial charge in [0.15, 0.2) is 5.82 Å². The highest BCUT2D eigenvalue weighted by molar-refractivity contribution is 6.10. The molecule has 0 unspecified atom stereocenters. The molecule has 0 fully saturated rings. The van der Waals surface area contributed by atoms with Gasteiger partial charge in [0.25, 0.3) is 0 Å². The number of nitrogens with zero attached hydrogens (tertiary/aromatic N) is 4. The van der Waals surface area contributed by atoms with E-state index in [2.05, 4.69) is 228 Å². The zero-order valence-corrected chi connectivity index (χ0v) is 35.3. The monoisotopic (exact) mass is 810 g/mol. The van der Waals surface area contributed by atoms with Crippen LogP contribution in [0.5, 0.6) is 0 Å². The van der Waals surface area contributed by atoms with E-state index in [1.54, 1.807) is 0 Å². The quantitative estimate of drug-likeness (QED) is 0.115. The largest absolute Gasteiger partial charge is 0.337 e. The van der Waals surface area contributed by atoms with Crippen molar-refractivity contribution in [1.82, 2.24) is 19.1 Å². The molecule has 0 spiro atoms. The summed E-state index contributed by atoms with van der Waals surface area (Å²) in [4.78, 5) is 9.67. The summed E-state index contributed by atoms with van der Waals surface area (Å²) >= 11 is 0. The summed E-state index contributed by atoms with van der Waals surface area (Å²) in [7, 11) is 0. The SMILES string of the molecule is C=Cc1c(/C=C\Cc2cccc(-c3nccc(-c4ccc(-c5ccccc5)cc4)n3)c2)c2ccccc2n1C/C=C(\C=C/C)c1ccc2c3ccccc3n(-c3ccccc3)c2c1. The molecule has 0 amide bonds. The molecule has 0 atom stereocenters. The number of benzene rings is 7. The molecule has 7 aromatic carbocycles. The van der Waals surface area contributed by atoms with Crippen LogP contribution in [0.25, 0.3) is 89.9 Å². The Bertz CT molecular complexity index is 3340. The zero-order chi connectivity index (χ0) is 42.5. The molecule has 302 valence electrons. The van der Waals surface area contributed by atoms with Crippen LogP contribution in [0.2, 0.25) is 0 Å². The van der Waals surface area contributed by atoms with Crippen LogP contribution < -0.4 is 0 Å². The van der Waals surface area contributed by atoms with Crippen LogP contribution in [0, 0.1) is 0 Å². The van der Waals surface area contributed by atoms with E-state index in [9.17, 15) is 0 Å². The first-order valence-electron chi connectivity index (χ1n) is 21.6. The summed E-state index contributed by atoms with van der Waals surface area (Å²) < 4.78 is 4.76. The lowest BCUT2D eigenvalue weighted by Crippen LogP contribution is -1.99. The molecule has 0 N–H and O–H groups in total. The minimum Gasteiger partial charge on any atom is -0.337 e. The fourth-order valence-corrected chi connectivity index (χ4v) is 8.87. The van der Waals surface area contributed by atoms with Crippen LogP contribution in [-0.2, 0) is 13.0 Å². The highest BCUT2D eigenvalue weighted by Crippen LogP contribution is 2.35. The molecule has 3 aromatic heterocycles. The van der Waals surface area contributed by atoms with E-state index in [0.29, 0.717) is 12.4 Å². The van der Waals surface area contributed by atoms with Crippen molar-refractivity contribution >= 4 is 50.4 Å². The standard InChI is InChI=1S/C59H46N4/c1-3-17-43(47-34-35-53-52-26-12-14-29-57(52)63(58(53)41-47)49-23-9-6-10-24-49)37-39-62-55(4-2)50(51-25-11-13-28-56(51)62)27-16-19-42-18-15-22-48(40-42)59-60-38-36-54(61-59)46-32-30-45(31-33-46)44-20-7-5-8-21-44/h3-18,20-38,40-41H,2,19,39H2,1H3/b17-3-,27-16-,43-37+. The van der Waals surface area contributed by atoms with Gasteiger partial charge < -0.3 is 9.13 Å². The maximum atomic E-state index is 4.99. The molecule has 0 aliphatic carbocycles. The van der Waals surface area contributed by atoms with Crippen LogP contribution >= 0.6 is 0 Å². The van der Waals surface area contributed by atoms with Crippen molar-refractivity contribution in [3.63, 3.8) is 0 Å². The maximum Gasteiger partial charge on any atom is 0.159 e. The van der Waals surface area contributed by atoms with Gasteiger partial charge in [-0.2, -0.15) is 0 Å². The molecule has 3 heterocycles. The molecule has 10 aromatic rings. The molecule has 63 heavy (non-hydrogen) atoms. The summed E-state index contributed by atoms with van der Waals surface area (Å²) in [5.74, 6) is 0.714. The summed E-state index contributed by atoms with van der Waals surface area (Å²) in [6, 6.07) is 64.4. The second kappa shape index (κ2) is 17.5. The van der Waals surface area contributed by atoms with Crippen molar-refractivity contribution in [2.75, 3.05) is 0 Å². The average molecular weight is 811 g/mol. The van der Waals surface area contributed by atoms with Gasteiger partial charge in [-0.1, -0.05) is 176 Å². The summed E-state index contributed by atoms with van der Waals surface area (Å²) in [5, 5.41) is 3.70. The van der Waals surface area contributed by atoms with Gasteiger partial charge in [0.1, 0.15) is 0 Å². The van der Waals surface area contributed by atoms with Crippen LogP contribution in [-0.4, -0.2) is 19.1 Å². The Kier molecular flexibility index (Phi) is 10.8. The van der Waals surface area contributed by atoms with Gasteiger partial charge in [-0.25, -0.2) is 9.97 Å². The molecule has 0 aliphatic rings. The minimum atomic E-state index is 0.688. The highest BCUT2D eigenvalue weighted by atomic mass is 15.0. The normalized spacial score (nSPS) is 12.0. The molecule has 0 bridgehead atoms. The van der Waals surface area contributed by atoms with E-state index in [0.717, 1.165) is 34.6 Å². The minimum absolute atomic E-state index is 0.688. The molecule has 0 saturated carbocycles. The van der Waals surface area contributed by atoms with Crippen LogP contribution in [0.1, 0.15) is 29.3 Å². The number of para-hydroxylation sites is 3. The Morgan fingerprint density at radius 1 is 0.603 bits per heavy atom. The Morgan fingerprint density at radius 2 is 1.29 bits per heavy atom. The number of rotatable bonds is 12. The van der Waals surface area contributed by atoms with Gasteiger partial charge in [0.05, 0.1) is 16.7 Å². The zero-order valence-electron chi connectivity index (χ0n) is 35.3. The van der Waals surface area contributed by atoms with Crippen molar-refractivity contribution < 1.29 is 0 Å². The number of fused-ring (bicyclic) bond motifs is 4. The number of hydrogen-bond donors (Lipinski definition) is 0. The second-order valence-corrected chi connectivity index (χ2v) is 15.7. The third-order valence-electron chi connectivity index (χ3n) is 11.9.